The molecule has 68 heavy (non-hydrogen) atoms. The van der Waals surface area contributed by atoms with Crippen LogP contribution in [0.25, 0.3) is 94.5 Å². The molecule has 342 valence electrons. The number of benzene rings is 7. The fourth-order valence-corrected chi connectivity index (χ4v) is 10.7. The number of rotatable bonds is 7. The first-order valence-corrected chi connectivity index (χ1v) is 24.0. The Morgan fingerprint density at radius 1 is 0.485 bits per heavy atom. The summed E-state index contributed by atoms with van der Waals surface area (Å²) in [5, 5.41) is 2.40. The van der Waals surface area contributed by atoms with Gasteiger partial charge in [-0.25, -0.2) is 0 Å². The Balaban J connectivity index is 0.00000312. The van der Waals surface area contributed by atoms with E-state index in [1.807, 2.05) is 30.6 Å². The van der Waals surface area contributed by atoms with Crippen LogP contribution in [-0.4, -0.2) is 14.5 Å². The molecule has 7 aromatic carbocycles. The Morgan fingerprint density at radius 3 is 1.74 bits per heavy atom. The summed E-state index contributed by atoms with van der Waals surface area (Å²) < 4.78 is 4.46. The molecule has 10 aromatic rings. The molecule has 0 aliphatic rings. The van der Waals surface area contributed by atoms with E-state index in [-0.39, 0.29) is 45.6 Å². The number of nitrogens with zero attached hydrogens (tertiary/aromatic N) is 3. The number of hydrogen-bond acceptors (Lipinski definition) is 2. The van der Waals surface area contributed by atoms with Crippen LogP contribution in [0.1, 0.15) is 54.2 Å². The van der Waals surface area contributed by atoms with Gasteiger partial charge in [-0.15, -0.1) is 53.1 Å². The van der Waals surface area contributed by atoms with Crippen molar-refractivity contribution in [1.82, 2.24) is 14.5 Å². The zero-order valence-corrected chi connectivity index (χ0v) is 47.2. The van der Waals surface area contributed by atoms with Crippen molar-refractivity contribution in [3.05, 3.63) is 206 Å². The second-order valence-corrected chi connectivity index (χ2v) is 20.3. The summed E-state index contributed by atoms with van der Waals surface area (Å²) >= 11 is 7.84. The van der Waals surface area contributed by atoms with Gasteiger partial charge in [0.05, 0.1) is 11.0 Å². The third-order valence-electron chi connectivity index (χ3n) is 13.5. The number of aryl methyl sites for hydroxylation is 1. The monoisotopic (exact) mass is 1370 g/mol. The minimum absolute atomic E-state index is 0. The molecule has 0 fully saturated rings. The molecule has 3 heterocycles. The number of hydrogen-bond donors (Lipinski definition) is 0. The van der Waals surface area contributed by atoms with E-state index in [0.29, 0.717) is 0 Å². The maximum atomic E-state index is 4.74. The van der Waals surface area contributed by atoms with Gasteiger partial charge in [0.2, 0.25) is 0 Å². The van der Waals surface area contributed by atoms with Crippen molar-refractivity contribution < 1.29 is 40.2 Å². The first-order chi connectivity index (χ1) is 31.8. The number of pyridine rings is 2. The van der Waals surface area contributed by atoms with Crippen LogP contribution in [0, 0.1) is 46.8 Å². The zero-order valence-electron chi connectivity index (χ0n) is 39.2. The van der Waals surface area contributed by atoms with Crippen LogP contribution in [0.15, 0.2) is 161 Å². The third kappa shape index (κ3) is 8.88. The van der Waals surface area contributed by atoms with Crippen LogP contribution in [0.2, 0.25) is 0 Å². The van der Waals surface area contributed by atoms with Gasteiger partial charge in [-0.1, -0.05) is 147 Å². The Bertz CT molecular complexity index is 3510. The van der Waals surface area contributed by atoms with Crippen LogP contribution < -0.4 is 0 Å². The van der Waals surface area contributed by atoms with Crippen molar-refractivity contribution in [3.8, 4) is 72.7 Å². The first kappa shape index (κ1) is 49.3. The molecule has 0 saturated heterocycles. The fraction of sp³-hybridized carbons (Fsp3) is 0.148. The molecule has 0 amide bonds. The second kappa shape index (κ2) is 19.7. The van der Waals surface area contributed by atoms with E-state index >= 15 is 0 Å². The molecule has 3 nitrogen and oxygen atoms in total. The SMILES string of the molecule is Cc1cc(-c2ccccn2)[c-]cc1-c1cc2c(cc1-c1c(C)c(C)c(-c3ccccc3-c3c[c-]c(-c4cc(C(C)(C)C)ccn4)cc3Br)c(C)c1C)c1cc(Br)ccc1n2-c1ccccc1.[Ir].[Ir]. The zero-order chi connectivity index (χ0) is 46.0. The van der Waals surface area contributed by atoms with Crippen molar-refractivity contribution in [3.63, 3.8) is 0 Å². The number of aromatic nitrogens is 3. The molecule has 0 atom stereocenters. The quantitative estimate of drug-likeness (QED) is 0.149. The molecule has 0 saturated carbocycles. The molecule has 0 spiro atoms. The van der Waals surface area contributed by atoms with Gasteiger partial charge in [-0.3, -0.25) is 0 Å². The maximum Gasteiger partial charge on any atom is 0.0541 e. The Morgan fingerprint density at radius 2 is 1.09 bits per heavy atom. The van der Waals surface area contributed by atoms with Gasteiger partial charge in [0, 0.05) is 73.5 Å². The molecule has 7 heteroatoms. The summed E-state index contributed by atoms with van der Waals surface area (Å²) in [5.74, 6) is 0. The van der Waals surface area contributed by atoms with E-state index in [1.165, 1.54) is 72.0 Å². The van der Waals surface area contributed by atoms with Crippen molar-refractivity contribution >= 4 is 53.7 Å². The van der Waals surface area contributed by atoms with Crippen molar-refractivity contribution in [2.75, 3.05) is 0 Å². The average molecular weight is 1370 g/mol. The van der Waals surface area contributed by atoms with Gasteiger partial charge in [-0.2, -0.15) is 0 Å². The van der Waals surface area contributed by atoms with E-state index < -0.39 is 0 Å². The Labute approximate surface area is 444 Å². The minimum Gasteiger partial charge on any atom is -0.309 e. The van der Waals surface area contributed by atoms with Gasteiger partial charge in [0.25, 0.3) is 0 Å². The topological polar surface area (TPSA) is 30.7 Å². The summed E-state index contributed by atoms with van der Waals surface area (Å²) in [6.45, 7) is 18.1. The molecule has 0 bridgehead atoms. The van der Waals surface area contributed by atoms with Gasteiger partial charge < -0.3 is 14.5 Å². The van der Waals surface area contributed by atoms with E-state index in [1.54, 1.807) is 0 Å². The predicted molar refractivity (Wildman–Crippen MR) is 284 cm³/mol. The molecule has 0 aliphatic carbocycles. The van der Waals surface area contributed by atoms with Crippen LogP contribution in [0.4, 0.5) is 0 Å². The molecule has 0 aliphatic heterocycles. The summed E-state index contributed by atoms with van der Waals surface area (Å²) in [4.78, 5) is 9.41. The third-order valence-corrected chi connectivity index (χ3v) is 14.6. The summed E-state index contributed by atoms with van der Waals surface area (Å²) in [6.07, 6.45) is 3.75. The summed E-state index contributed by atoms with van der Waals surface area (Å²) in [6, 6.07) is 57.3. The Hall–Kier alpha value is -5.10. The van der Waals surface area contributed by atoms with Crippen molar-refractivity contribution in [2.45, 2.75) is 60.8 Å². The van der Waals surface area contributed by atoms with Crippen LogP contribution in [0.5, 0.6) is 0 Å². The van der Waals surface area contributed by atoms with Crippen LogP contribution >= 0.6 is 31.9 Å². The summed E-state index contributed by atoms with van der Waals surface area (Å²) in [7, 11) is 0. The molecular formula is C61H49Br2Ir2N3-2. The molecule has 0 N–H and O–H groups in total. The first-order valence-electron chi connectivity index (χ1n) is 22.4. The van der Waals surface area contributed by atoms with Crippen molar-refractivity contribution in [1.29, 1.82) is 0 Å². The largest absolute Gasteiger partial charge is 0.309 e. The predicted octanol–water partition coefficient (Wildman–Crippen LogP) is 17.5. The summed E-state index contributed by atoms with van der Waals surface area (Å²) in [5.41, 5.74) is 24.2. The molecular weight excluding hydrogens is 1320 g/mol. The second-order valence-electron chi connectivity index (χ2n) is 18.5. The average Bonchev–Trinajstić information content (AvgIpc) is 3.63. The molecule has 0 unspecified atom stereocenters. The van der Waals surface area contributed by atoms with Gasteiger partial charge in [0.1, 0.15) is 0 Å². The molecule has 10 rings (SSSR count). The number of halogens is 2. The standard InChI is InChI=1S/C61H49Br2N3.2Ir/c1-36-30-41(55-20-14-15-28-64-55)21-24-46(36)50-35-58-52(51-33-44(62)23-26-57(51)66(58)45-16-10-9-11-17-45)34-53(50)60-39(4)37(2)59(38(3)40(60)5)49-19-13-12-18-47(49)48-25-22-42(31-54(48)63)56-32-43(27-29-65-56)61(6,7)8;;/h9-20,23-35H,1-8H3;;/q-2;;. The minimum atomic E-state index is 0. The maximum absolute atomic E-state index is 4.74. The molecule has 3 aromatic heterocycles. The van der Waals surface area contributed by atoms with E-state index in [4.69, 9.17) is 4.98 Å². The smallest absolute Gasteiger partial charge is 0.0541 e. The van der Waals surface area contributed by atoms with Crippen molar-refractivity contribution in [2.24, 2.45) is 0 Å². The normalized spacial score (nSPS) is 11.4. The van der Waals surface area contributed by atoms with E-state index in [0.717, 1.165) is 64.9 Å². The van der Waals surface area contributed by atoms with Gasteiger partial charge >= 0.3 is 0 Å². The molecule has 2 radical (unpaired) electrons. The fourth-order valence-electron chi connectivity index (χ4n) is 9.80. The van der Waals surface area contributed by atoms with Gasteiger partial charge in [-0.05, 0) is 149 Å². The Kier molecular flexibility index (Phi) is 14.3. The number of fused-ring (bicyclic) bond motifs is 3. The van der Waals surface area contributed by atoms with Crippen LogP contribution in [0.3, 0.4) is 0 Å². The number of para-hydroxylation sites is 1. The van der Waals surface area contributed by atoms with Gasteiger partial charge in [0.15, 0.2) is 0 Å². The van der Waals surface area contributed by atoms with E-state index in [2.05, 4.69) is 230 Å². The van der Waals surface area contributed by atoms with Crippen LogP contribution in [-0.2, 0) is 45.6 Å². The van der Waals surface area contributed by atoms with E-state index in [9.17, 15) is 0 Å².